The normalized spacial score (nSPS) is 11.6. The molecule has 0 atom stereocenters. The Morgan fingerprint density at radius 3 is 2.59 bits per heavy atom. The van der Waals surface area contributed by atoms with Crippen LogP contribution >= 0.6 is 35.3 Å². The van der Waals surface area contributed by atoms with Crippen molar-refractivity contribution in [1.29, 1.82) is 0 Å². The first-order valence-electron chi connectivity index (χ1n) is 9.15. The minimum Gasteiger partial charge on any atom is -0.444 e. The Morgan fingerprint density at radius 2 is 2.04 bits per heavy atom. The van der Waals surface area contributed by atoms with E-state index in [0.29, 0.717) is 19.6 Å². The number of likely N-dealkylation sites (N-methyl/N-ethyl adjacent to an activating group) is 1. The van der Waals surface area contributed by atoms with Crippen LogP contribution in [0.5, 0.6) is 0 Å². The fourth-order valence-electron chi connectivity index (χ4n) is 2.01. The number of aromatic nitrogens is 1. The molecule has 0 bridgehead atoms. The number of halogens is 1. The number of aryl methyl sites for hydroxylation is 1. The number of rotatable bonds is 8. The van der Waals surface area contributed by atoms with Crippen LogP contribution in [0.25, 0.3) is 0 Å². The van der Waals surface area contributed by atoms with E-state index < -0.39 is 5.60 Å². The Morgan fingerprint density at radius 1 is 1.33 bits per heavy atom. The number of aliphatic imine (C=N–C) groups is 1. The zero-order chi connectivity index (χ0) is 19.6. The average Bonchev–Trinajstić information content (AvgIpc) is 3.01. The van der Waals surface area contributed by atoms with Crippen LogP contribution < -0.4 is 10.6 Å². The highest BCUT2D eigenvalue weighted by atomic mass is 127. The van der Waals surface area contributed by atoms with Gasteiger partial charge in [-0.05, 0) is 34.1 Å². The van der Waals surface area contributed by atoms with Crippen LogP contribution in [0.15, 0.2) is 11.2 Å². The van der Waals surface area contributed by atoms with E-state index in [-0.39, 0.29) is 30.1 Å². The summed E-state index contributed by atoms with van der Waals surface area (Å²) in [5, 5.41) is 7.57. The quantitative estimate of drug-likeness (QED) is 0.318. The van der Waals surface area contributed by atoms with Gasteiger partial charge >= 0.3 is 6.09 Å². The van der Waals surface area contributed by atoms with Gasteiger partial charge in [-0.15, -0.1) is 35.3 Å². The Balaban J connectivity index is 0.00000676. The van der Waals surface area contributed by atoms with Crippen molar-refractivity contribution in [1.82, 2.24) is 20.5 Å². The van der Waals surface area contributed by atoms with Gasteiger partial charge in [-0.25, -0.2) is 9.78 Å². The minimum atomic E-state index is -0.484. The van der Waals surface area contributed by atoms with Crippen LogP contribution in [0.2, 0.25) is 0 Å². The van der Waals surface area contributed by atoms with Gasteiger partial charge in [-0.3, -0.25) is 4.99 Å². The van der Waals surface area contributed by atoms with Crippen molar-refractivity contribution in [2.24, 2.45) is 4.99 Å². The zero-order valence-electron chi connectivity index (χ0n) is 17.3. The molecule has 0 unspecified atom stereocenters. The van der Waals surface area contributed by atoms with Crippen molar-refractivity contribution in [3.8, 4) is 0 Å². The highest BCUT2D eigenvalue weighted by Crippen LogP contribution is 2.13. The van der Waals surface area contributed by atoms with E-state index in [0.717, 1.165) is 30.4 Å². The van der Waals surface area contributed by atoms with E-state index in [4.69, 9.17) is 4.74 Å². The molecule has 1 rings (SSSR count). The molecule has 0 aliphatic carbocycles. The summed E-state index contributed by atoms with van der Waals surface area (Å²) in [6, 6.07) is 0. The van der Waals surface area contributed by atoms with Crippen molar-refractivity contribution >= 4 is 47.4 Å². The summed E-state index contributed by atoms with van der Waals surface area (Å²) in [5.74, 6) is 0.748. The number of nitrogens with one attached hydrogen (secondary N) is 2. The van der Waals surface area contributed by atoms with Crippen molar-refractivity contribution in [2.45, 2.75) is 53.1 Å². The summed E-state index contributed by atoms with van der Waals surface area (Å²) in [4.78, 5) is 23.8. The SMILES string of the molecule is CCNC(=NCCc1ncc(CC)s1)NCCN(C)C(=O)OC(C)(C)C.I. The van der Waals surface area contributed by atoms with Gasteiger partial charge in [-0.2, -0.15) is 0 Å². The summed E-state index contributed by atoms with van der Waals surface area (Å²) in [5.41, 5.74) is -0.484. The highest BCUT2D eigenvalue weighted by molar-refractivity contribution is 14.0. The molecule has 7 nitrogen and oxygen atoms in total. The number of hydrogen-bond donors (Lipinski definition) is 2. The van der Waals surface area contributed by atoms with Crippen molar-refractivity contribution in [3.05, 3.63) is 16.1 Å². The van der Waals surface area contributed by atoms with Gasteiger partial charge < -0.3 is 20.3 Å². The lowest BCUT2D eigenvalue weighted by atomic mass is 10.2. The fourth-order valence-corrected chi connectivity index (χ4v) is 2.86. The molecule has 1 aromatic heterocycles. The topological polar surface area (TPSA) is 78.9 Å². The van der Waals surface area contributed by atoms with Gasteiger partial charge in [0, 0.05) is 50.7 Å². The number of carbonyl (C=O) groups excluding carboxylic acids is 1. The smallest absolute Gasteiger partial charge is 0.410 e. The van der Waals surface area contributed by atoms with E-state index in [1.54, 1.807) is 23.3 Å². The zero-order valence-corrected chi connectivity index (χ0v) is 20.4. The number of guanidine groups is 1. The lowest BCUT2D eigenvalue weighted by molar-refractivity contribution is 0.0302. The molecular weight excluding hydrogens is 477 g/mol. The Labute approximate surface area is 184 Å². The summed E-state index contributed by atoms with van der Waals surface area (Å²) < 4.78 is 5.34. The van der Waals surface area contributed by atoms with Crippen molar-refractivity contribution in [3.63, 3.8) is 0 Å². The standard InChI is InChI=1S/C18H33N5O2S.HI/c1-7-14-13-22-15(26-14)9-10-20-16(19-8-2)21-11-12-23(6)17(24)25-18(3,4)5;/h13H,7-12H2,1-6H3,(H2,19,20,21);1H. The van der Waals surface area contributed by atoms with Gasteiger partial charge in [-0.1, -0.05) is 6.92 Å². The molecule has 9 heteroatoms. The summed E-state index contributed by atoms with van der Waals surface area (Å²) in [6.45, 7) is 12.3. The van der Waals surface area contributed by atoms with Gasteiger partial charge in [0.2, 0.25) is 0 Å². The van der Waals surface area contributed by atoms with E-state index in [1.807, 2.05) is 33.9 Å². The molecule has 0 aliphatic rings. The summed E-state index contributed by atoms with van der Waals surface area (Å²) in [7, 11) is 1.73. The first kappa shape index (κ1) is 25.9. The van der Waals surface area contributed by atoms with Crippen LogP contribution in [0.4, 0.5) is 4.79 Å². The van der Waals surface area contributed by atoms with Gasteiger partial charge in [0.1, 0.15) is 5.60 Å². The average molecular weight is 511 g/mol. The third kappa shape index (κ3) is 11.4. The number of carbonyl (C=O) groups is 1. The lowest BCUT2D eigenvalue weighted by Crippen LogP contribution is -2.43. The Hall–Kier alpha value is -1.10. The first-order chi connectivity index (χ1) is 12.2. The maximum atomic E-state index is 11.9. The number of amides is 1. The molecule has 156 valence electrons. The lowest BCUT2D eigenvalue weighted by Gasteiger charge is -2.24. The molecule has 2 N–H and O–H groups in total. The largest absolute Gasteiger partial charge is 0.444 e. The number of thiazole rings is 1. The number of hydrogen-bond acceptors (Lipinski definition) is 5. The van der Waals surface area contributed by atoms with Gasteiger partial charge in [0.15, 0.2) is 5.96 Å². The second kappa shape index (κ2) is 13.1. The van der Waals surface area contributed by atoms with E-state index in [1.165, 1.54) is 4.88 Å². The minimum absolute atomic E-state index is 0. The monoisotopic (exact) mass is 511 g/mol. The van der Waals surface area contributed by atoms with Crippen LogP contribution in [0.3, 0.4) is 0 Å². The molecule has 27 heavy (non-hydrogen) atoms. The Bertz CT molecular complexity index is 587. The predicted molar refractivity (Wildman–Crippen MR) is 123 cm³/mol. The van der Waals surface area contributed by atoms with E-state index in [2.05, 4.69) is 27.5 Å². The molecular formula is C18H34IN5O2S. The fraction of sp³-hybridized carbons (Fsp3) is 0.722. The maximum Gasteiger partial charge on any atom is 0.410 e. The molecule has 0 fully saturated rings. The molecule has 1 aromatic rings. The molecule has 1 heterocycles. The number of nitrogens with zero attached hydrogens (tertiary/aromatic N) is 3. The summed E-state index contributed by atoms with van der Waals surface area (Å²) in [6.07, 6.45) is 3.48. The van der Waals surface area contributed by atoms with Crippen molar-refractivity contribution < 1.29 is 9.53 Å². The molecule has 0 saturated heterocycles. The second-order valence-corrected chi connectivity index (χ2v) is 8.11. The highest BCUT2D eigenvalue weighted by Gasteiger charge is 2.19. The van der Waals surface area contributed by atoms with Crippen molar-refractivity contribution in [2.75, 3.05) is 33.2 Å². The molecule has 0 aromatic carbocycles. The van der Waals surface area contributed by atoms with E-state index in [9.17, 15) is 4.79 Å². The Kier molecular flexibility index (Phi) is 12.6. The third-order valence-corrected chi connectivity index (χ3v) is 4.54. The molecule has 0 aliphatic heterocycles. The van der Waals surface area contributed by atoms with Crippen LogP contribution in [-0.2, 0) is 17.6 Å². The van der Waals surface area contributed by atoms with Gasteiger partial charge in [0.05, 0.1) is 5.01 Å². The molecule has 0 radical (unpaired) electrons. The summed E-state index contributed by atoms with van der Waals surface area (Å²) >= 11 is 1.75. The van der Waals surface area contributed by atoms with Crippen LogP contribution in [-0.4, -0.2) is 60.8 Å². The van der Waals surface area contributed by atoms with Crippen LogP contribution in [0, 0.1) is 0 Å². The van der Waals surface area contributed by atoms with Crippen LogP contribution in [0.1, 0.15) is 44.5 Å². The van der Waals surface area contributed by atoms with Gasteiger partial charge in [0.25, 0.3) is 0 Å². The molecule has 0 spiro atoms. The molecule has 0 saturated carbocycles. The molecule has 1 amide bonds. The predicted octanol–water partition coefficient (Wildman–Crippen LogP) is 3.29. The second-order valence-electron chi connectivity index (χ2n) is 6.91. The maximum absolute atomic E-state index is 11.9. The first-order valence-corrected chi connectivity index (χ1v) is 9.96. The van der Waals surface area contributed by atoms with E-state index >= 15 is 0 Å². The third-order valence-electron chi connectivity index (χ3n) is 3.33. The number of ether oxygens (including phenoxy) is 1.